The first-order valence-electron chi connectivity index (χ1n) is 11.4. The number of ether oxygens (including phenoxy) is 1. The van der Waals surface area contributed by atoms with Crippen molar-refractivity contribution in [2.45, 2.75) is 45.8 Å². The molecule has 3 aromatic rings. The number of halogens is 1. The molecule has 1 saturated heterocycles. The summed E-state index contributed by atoms with van der Waals surface area (Å²) in [6.07, 6.45) is 2.10. The molecule has 0 bridgehead atoms. The van der Waals surface area contributed by atoms with Gasteiger partial charge in [-0.1, -0.05) is 16.8 Å². The smallest absolute Gasteiger partial charge is 0.426 e. The molecule has 0 spiro atoms. The Labute approximate surface area is 211 Å². The van der Waals surface area contributed by atoms with Crippen molar-refractivity contribution in [2.75, 3.05) is 13.1 Å². The van der Waals surface area contributed by atoms with Crippen molar-refractivity contribution in [1.29, 1.82) is 0 Å². The minimum atomic E-state index is -0.914. The largest absolute Gasteiger partial charge is 0.506 e. The number of amides is 3. The van der Waals surface area contributed by atoms with Crippen LogP contribution in [0.25, 0.3) is 10.9 Å². The molecule has 2 aromatic heterocycles. The van der Waals surface area contributed by atoms with E-state index in [2.05, 4.69) is 15.6 Å². The Kier molecular flexibility index (Phi) is 7.02. The number of hydrazine groups is 1. The van der Waals surface area contributed by atoms with Crippen molar-refractivity contribution >= 4 is 40.4 Å². The Balaban J connectivity index is 1.81. The summed E-state index contributed by atoms with van der Waals surface area (Å²) in [4.78, 5) is 45.8. The van der Waals surface area contributed by atoms with E-state index in [9.17, 15) is 19.5 Å². The number of pyridine rings is 1. The molecule has 12 heteroatoms. The molecule has 0 radical (unpaired) electrons. The van der Waals surface area contributed by atoms with Gasteiger partial charge in [0.15, 0.2) is 5.76 Å². The van der Waals surface area contributed by atoms with Crippen LogP contribution in [0.2, 0.25) is 5.02 Å². The molecule has 2 N–H and O–H groups in total. The molecule has 4 rings (SSSR count). The third-order valence-electron chi connectivity index (χ3n) is 5.41. The van der Waals surface area contributed by atoms with E-state index in [1.165, 1.54) is 30.5 Å². The molecule has 190 valence electrons. The molecule has 11 nitrogen and oxygen atoms in total. The van der Waals surface area contributed by atoms with Gasteiger partial charge in [0.1, 0.15) is 29.2 Å². The molecule has 1 aliphatic rings. The predicted octanol–water partition coefficient (Wildman–Crippen LogP) is 3.90. The number of fused-ring (bicyclic) bond motifs is 1. The number of carbonyl (C=O) groups excluding carboxylic acids is 3. The first kappa shape index (κ1) is 25.2. The minimum absolute atomic E-state index is 0.220. The summed E-state index contributed by atoms with van der Waals surface area (Å²) >= 11 is 6.10. The summed E-state index contributed by atoms with van der Waals surface area (Å²) in [5.41, 5.74) is 1.18. The quantitative estimate of drug-likeness (QED) is 0.499. The van der Waals surface area contributed by atoms with Crippen LogP contribution in [0, 0.1) is 0 Å². The highest BCUT2D eigenvalue weighted by Crippen LogP contribution is 2.33. The Morgan fingerprint density at radius 2 is 1.94 bits per heavy atom. The van der Waals surface area contributed by atoms with Gasteiger partial charge in [-0.3, -0.25) is 9.59 Å². The number of nitrogens with one attached hydrogen (secondary N) is 1. The summed E-state index contributed by atoms with van der Waals surface area (Å²) in [6, 6.07) is 6.04. The van der Waals surface area contributed by atoms with E-state index in [0.29, 0.717) is 18.1 Å². The number of aromatic nitrogens is 2. The van der Waals surface area contributed by atoms with Gasteiger partial charge in [-0.15, -0.1) is 0 Å². The number of aromatic hydroxyl groups is 1. The second kappa shape index (κ2) is 10.0. The summed E-state index contributed by atoms with van der Waals surface area (Å²) in [7, 11) is 0. The summed E-state index contributed by atoms with van der Waals surface area (Å²) in [5.74, 6) is -1.61. The fraction of sp³-hybridized carbons (Fsp3) is 0.375. The number of hydrogen-bond donors (Lipinski definition) is 2. The van der Waals surface area contributed by atoms with Crippen LogP contribution in [-0.2, 0) is 11.3 Å². The average Bonchev–Trinajstić information content (AvgIpc) is 3.50. The molecule has 0 saturated carbocycles. The van der Waals surface area contributed by atoms with E-state index in [1.807, 2.05) is 0 Å². The number of hydrogen-bond acceptors (Lipinski definition) is 8. The van der Waals surface area contributed by atoms with Crippen LogP contribution < -0.4 is 5.43 Å². The fourth-order valence-electron chi connectivity index (χ4n) is 3.84. The van der Waals surface area contributed by atoms with Gasteiger partial charge in [-0.25, -0.2) is 20.2 Å². The van der Waals surface area contributed by atoms with Crippen LogP contribution >= 0.6 is 11.6 Å². The van der Waals surface area contributed by atoms with Gasteiger partial charge in [-0.05, 0) is 51.8 Å². The zero-order valence-electron chi connectivity index (χ0n) is 20.1. The number of carbonyl (C=O) groups is 3. The van der Waals surface area contributed by atoms with Crippen molar-refractivity contribution < 1.29 is 28.8 Å². The fourth-order valence-corrected chi connectivity index (χ4v) is 4.00. The van der Waals surface area contributed by atoms with Gasteiger partial charge in [0.05, 0.1) is 11.7 Å². The van der Waals surface area contributed by atoms with Crippen LogP contribution in [0.15, 0.2) is 35.0 Å². The van der Waals surface area contributed by atoms with Gasteiger partial charge in [0.2, 0.25) is 0 Å². The van der Waals surface area contributed by atoms with Gasteiger partial charge in [0, 0.05) is 29.6 Å². The molecule has 0 unspecified atom stereocenters. The normalized spacial score (nSPS) is 13.6. The van der Waals surface area contributed by atoms with Crippen molar-refractivity contribution in [3.63, 3.8) is 0 Å². The summed E-state index contributed by atoms with van der Waals surface area (Å²) < 4.78 is 10.4. The first-order valence-corrected chi connectivity index (χ1v) is 11.7. The molecule has 1 fully saturated rings. The Bertz CT molecular complexity index is 1300. The van der Waals surface area contributed by atoms with Crippen LogP contribution in [-0.4, -0.2) is 61.8 Å². The number of likely N-dealkylation sites (tertiary alicyclic amines) is 1. The monoisotopic (exact) mass is 515 g/mol. The zero-order valence-corrected chi connectivity index (χ0v) is 20.8. The lowest BCUT2D eigenvalue weighted by Crippen LogP contribution is -2.48. The maximum Gasteiger partial charge on any atom is 0.426 e. The van der Waals surface area contributed by atoms with Gasteiger partial charge in [-0.2, -0.15) is 0 Å². The second-order valence-corrected chi connectivity index (χ2v) is 9.76. The topological polar surface area (TPSA) is 138 Å². The van der Waals surface area contributed by atoms with Crippen LogP contribution in [0.4, 0.5) is 4.79 Å². The zero-order chi connectivity index (χ0) is 26.0. The van der Waals surface area contributed by atoms with E-state index in [4.69, 9.17) is 20.9 Å². The third-order valence-corrected chi connectivity index (χ3v) is 5.64. The average molecular weight is 516 g/mol. The van der Waals surface area contributed by atoms with Crippen molar-refractivity contribution in [3.8, 4) is 5.75 Å². The lowest BCUT2D eigenvalue weighted by molar-refractivity contribution is 0.0266. The maximum atomic E-state index is 13.8. The second-order valence-electron chi connectivity index (χ2n) is 9.33. The van der Waals surface area contributed by atoms with E-state index >= 15 is 0 Å². The highest BCUT2D eigenvalue weighted by molar-refractivity contribution is 6.31. The number of benzene rings is 1. The van der Waals surface area contributed by atoms with E-state index in [1.54, 1.807) is 25.7 Å². The minimum Gasteiger partial charge on any atom is -0.506 e. The maximum absolute atomic E-state index is 13.8. The Hall–Kier alpha value is -3.86. The first-order chi connectivity index (χ1) is 17.0. The highest BCUT2D eigenvalue weighted by Gasteiger charge is 2.33. The van der Waals surface area contributed by atoms with Crippen LogP contribution in [0.1, 0.15) is 60.2 Å². The SMILES string of the molecule is CC(C)(C)OC(=O)NN(Cc1ccno1)C(=O)c1c(C(=O)N2CCCC2)nc2cc(Cl)ccc2c1O. The number of rotatable bonds is 4. The molecule has 1 aromatic carbocycles. The van der Waals surface area contributed by atoms with Crippen molar-refractivity contribution in [2.24, 2.45) is 0 Å². The van der Waals surface area contributed by atoms with E-state index in [-0.39, 0.29) is 34.5 Å². The Morgan fingerprint density at radius 3 is 2.58 bits per heavy atom. The van der Waals surface area contributed by atoms with Crippen LogP contribution in [0.5, 0.6) is 5.75 Å². The third kappa shape index (κ3) is 5.51. The molecule has 0 aliphatic carbocycles. The molecule has 3 amide bonds. The van der Waals surface area contributed by atoms with Crippen LogP contribution in [0.3, 0.4) is 0 Å². The molecule has 0 atom stereocenters. The summed E-state index contributed by atoms with van der Waals surface area (Å²) in [6.45, 7) is 5.76. The molecular weight excluding hydrogens is 490 g/mol. The van der Waals surface area contributed by atoms with E-state index in [0.717, 1.165) is 17.9 Å². The van der Waals surface area contributed by atoms with E-state index < -0.39 is 29.3 Å². The lowest BCUT2D eigenvalue weighted by Gasteiger charge is -2.26. The predicted molar refractivity (Wildman–Crippen MR) is 129 cm³/mol. The van der Waals surface area contributed by atoms with Gasteiger partial charge in [0.25, 0.3) is 11.8 Å². The highest BCUT2D eigenvalue weighted by atomic mass is 35.5. The van der Waals surface area contributed by atoms with Crippen molar-refractivity contribution in [1.82, 2.24) is 25.5 Å². The molecular formula is C24H26ClN5O6. The standard InChI is InChI=1S/C24H26ClN5O6/c1-24(2,3)35-23(34)28-30(13-15-8-9-26-36-15)21(32)18-19(22(33)29-10-4-5-11-29)27-17-12-14(25)6-7-16(17)20(18)31/h6-9,12H,4-5,10-11,13H2,1-3H3,(H,27,31)(H,28,34). The van der Waals surface area contributed by atoms with Gasteiger partial charge < -0.3 is 19.3 Å². The van der Waals surface area contributed by atoms with Gasteiger partial charge >= 0.3 is 6.09 Å². The molecule has 3 heterocycles. The molecule has 1 aliphatic heterocycles. The van der Waals surface area contributed by atoms with Crippen molar-refractivity contribution in [3.05, 3.63) is 52.5 Å². The molecule has 36 heavy (non-hydrogen) atoms. The Morgan fingerprint density at radius 1 is 1.22 bits per heavy atom. The lowest BCUT2D eigenvalue weighted by atomic mass is 10.0. The number of nitrogens with zero attached hydrogens (tertiary/aromatic N) is 4. The summed E-state index contributed by atoms with van der Waals surface area (Å²) in [5, 5.41) is 16.3.